The molecule has 2 heterocycles. The molecule has 3 unspecified atom stereocenters. The first-order valence-electron chi connectivity index (χ1n) is 10.0. The Labute approximate surface area is 176 Å². The van der Waals surface area contributed by atoms with Crippen molar-refractivity contribution in [3.8, 4) is 5.75 Å². The number of aliphatic hydroxyl groups excluding tert-OH is 1. The maximum atomic E-state index is 10.2. The zero-order valence-corrected chi connectivity index (χ0v) is 17.8. The molecular weight excluding hydrogens is 392 g/mol. The van der Waals surface area contributed by atoms with Crippen molar-refractivity contribution in [2.45, 2.75) is 56.2 Å². The molecule has 0 amide bonds. The summed E-state index contributed by atoms with van der Waals surface area (Å²) in [7, 11) is 0. The van der Waals surface area contributed by atoms with Gasteiger partial charge in [0.15, 0.2) is 0 Å². The summed E-state index contributed by atoms with van der Waals surface area (Å²) in [6, 6.07) is 12.6. The van der Waals surface area contributed by atoms with E-state index in [9.17, 15) is 5.11 Å². The number of aliphatic hydroxyl groups is 1. The molecule has 150 valence electrons. The Bertz CT molecular complexity index is 825. The van der Waals surface area contributed by atoms with Crippen LogP contribution >= 0.6 is 23.4 Å². The van der Waals surface area contributed by atoms with Gasteiger partial charge in [0.05, 0.1) is 18.8 Å². The second-order valence-corrected chi connectivity index (χ2v) is 9.09. The van der Waals surface area contributed by atoms with Gasteiger partial charge in [-0.1, -0.05) is 35.9 Å². The Morgan fingerprint density at radius 2 is 2.04 bits per heavy atom. The van der Waals surface area contributed by atoms with Crippen LogP contribution in [0, 0.1) is 0 Å². The lowest BCUT2D eigenvalue weighted by Crippen LogP contribution is -2.29. The van der Waals surface area contributed by atoms with Gasteiger partial charge in [-0.3, -0.25) is 0 Å². The van der Waals surface area contributed by atoms with Crippen LogP contribution in [0.2, 0.25) is 5.02 Å². The van der Waals surface area contributed by atoms with Crippen LogP contribution in [0.25, 0.3) is 0 Å². The fourth-order valence-corrected chi connectivity index (χ4v) is 4.90. The Morgan fingerprint density at radius 3 is 2.89 bits per heavy atom. The molecule has 3 atom stereocenters. The summed E-state index contributed by atoms with van der Waals surface area (Å²) in [5, 5.41) is 11.0. The molecule has 28 heavy (non-hydrogen) atoms. The normalized spacial score (nSPS) is 24.9. The summed E-state index contributed by atoms with van der Waals surface area (Å²) in [5.41, 5.74) is 4.77. The summed E-state index contributed by atoms with van der Waals surface area (Å²) in [6.45, 7) is 0.810. The maximum Gasteiger partial charge on any atom is 0.122 e. The molecule has 0 aromatic heterocycles. The number of hydrogen-bond acceptors (Lipinski definition) is 4. The number of aryl methyl sites for hydroxylation is 1. The lowest BCUT2D eigenvalue weighted by molar-refractivity contribution is -0.0605. The molecule has 2 aliphatic heterocycles. The molecule has 3 nitrogen and oxygen atoms in total. The van der Waals surface area contributed by atoms with Crippen LogP contribution in [-0.4, -0.2) is 29.5 Å². The van der Waals surface area contributed by atoms with Gasteiger partial charge in [0.1, 0.15) is 11.2 Å². The average molecular weight is 419 g/mol. The van der Waals surface area contributed by atoms with Crippen molar-refractivity contribution in [2.24, 2.45) is 0 Å². The molecule has 1 fully saturated rings. The van der Waals surface area contributed by atoms with Gasteiger partial charge in [0.2, 0.25) is 0 Å². The average Bonchev–Trinajstić information content (AvgIpc) is 2.94. The molecule has 2 aliphatic rings. The zero-order valence-electron chi connectivity index (χ0n) is 16.2. The van der Waals surface area contributed by atoms with E-state index in [4.69, 9.17) is 21.1 Å². The summed E-state index contributed by atoms with van der Waals surface area (Å²) < 4.78 is 12.0. The Kier molecular flexibility index (Phi) is 6.52. The van der Waals surface area contributed by atoms with Gasteiger partial charge >= 0.3 is 0 Å². The molecule has 2 aromatic rings. The number of rotatable bonds is 4. The highest BCUT2D eigenvalue weighted by atomic mass is 35.5. The van der Waals surface area contributed by atoms with E-state index in [-0.39, 0.29) is 17.6 Å². The van der Waals surface area contributed by atoms with E-state index in [0.717, 1.165) is 47.8 Å². The predicted octanol–water partition coefficient (Wildman–Crippen LogP) is 5.55. The molecule has 4 rings (SSSR count). The van der Waals surface area contributed by atoms with E-state index >= 15 is 0 Å². The van der Waals surface area contributed by atoms with Gasteiger partial charge in [-0.15, -0.1) is 11.8 Å². The first-order valence-corrected chi connectivity index (χ1v) is 11.7. The van der Waals surface area contributed by atoms with Crippen molar-refractivity contribution < 1.29 is 14.6 Å². The van der Waals surface area contributed by atoms with Crippen LogP contribution in [0.3, 0.4) is 0 Å². The molecule has 0 saturated carbocycles. The highest BCUT2D eigenvalue weighted by Gasteiger charge is 2.29. The molecule has 5 heteroatoms. The summed E-state index contributed by atoms with van der Waals surface area (Å²) >= 11 is 8.17. The van der Waals surface area contributed by atoms with Gasteiger partial charge in [0.25, 0.3) is 0 Å². The molecular formula is C23H27ClO3S. The summed E-state index contributed by atoms with van der Waals surface area (Å²) in [4.78, 5) is 0. The number of ether oxygens (including phenoxy) is 2. The van der Waals surface area contributed by atoms with Crippen molar-refractivity contribution in [3.05, 3.63) is 63.7 Å². The second kappa shape index (κ2) is 9.08. The first-order chi connectivity index (χ1) is 13.6. The smallest absolute Gasteiger partial charge is 0.122 e. The number of halogens is 1. The quantitative estimate of drug-likeness (QED) is 0.706. The van der Waals surface area contributed by atoms with Crippen molar-refractivity contribution in [1.29, 1.82) is 0 Å². The largest absolute Gasteiger partial charge is 0.493 e. The minimum atomic E-state index is -0.320. The van der Waals surface area contributed by atoms with E-state index in [1.807, 2.05) is 18.4 Å². The summed E-state index contributed by atoms with van der Waals surface area (Å²) in [5.74, 6) is 1.02. The molecule has 0 bridgehead atoms. The van der Waals surface area contributed by atoms with Crippen molar-refractivity contribution in [3.63, 3.8) is 0 Å². The standard InChI is InChI=1S/C23H27ClO3S/c1-28-23-14-19(25)13-22(27-23)17-6-7-20(24)18(12-17)11-15-5-8-21-16(10-15)4-2-3-9-26-21/h5-8,10,12,19,22-23,25H,2-4,9,11,13-14H2,1H3. The Hall–Kier alpha value is -1.20. The van der Waals surface area contributed by atoms with Crippen LogP contribution in [0.15, 0.2) is 36.4 Å². The van der Waals surface area contributed by atoms with Crippen LogP contribution < -0.4 is 4.74 Å². The van der Waals surface area contributed by atoms with E-state index in [2.05, 4.69) is 24.3 Å². The van der Waals surface area contributed by atoms with Gasteiger partial charge in [0, 0.05) is 17.9 Å². The van der Waals surface area contributed by atoms with Gasteiger partial charge in [-0.2, -0.15) is 0 Å². The van der Waals surface area contributed by atoms with E-state index in [1.54, 1.807) is 11.8 Å². The van der Waals surface area contributed by atoms with Crippen LogP contribution in [0.5, 0.6) is 5.75 Å². The maximum absolute atomic E-state index is 10.2. The van der Waals surface area contributed by atoms with E-state index < -0.39 is 0 Å². The monoisotopic (exact) mass is 418 g/mol. The topological polar surface area (TPSA) is 38.7 Å². The fraction of sp³-hybridized carbons (Fsp3) is 0.478. The molecule has 2 aromatic carbocycles. The third-order valence-electron chi connectivity index (χ3n) is 5.59. The predicted molar refractivity (Wildman–Crippen MR) is 116 cm³/mol. The van der Waals surface area contributed by atoms with Crippen molar-refractivity contribution >= 4 is 23.4 Å². The lowest BCUT2D eigenvalue weighted by atomic mass is 9.95. The Morgan fingerprint density at radius 1 is 1.14 bits per heavy atom. The van der Waals surface area contributed by atoms with Crippen LogP contribution in [-0.2, 0) is 17.6 Å². The molecule has 1 saturated heterocycles. The van der Waals surface area contributed by atoms with E-state index in [0.29, 0.717) is 12.8 Å². The third kappa shape index (κ3) is 4.68. The van der Waals surface area contributed by atoms with Gasteiger partial charge in [-0.25, -0.2) is 0 Å². The molecule has 0 aliphatic carbocycles. The number of benzene rings is 2. The van der Waals surface area contributed by atoms with Crippen LogP contribution in [0.4, 0.5) is 0 Å². The van der Waals surface area contributed by atoms with Crippen LogP contribution in [0.1, 0.15) is 54.0 Å². The molecule has 0 spiro atoms. The van der Waals surface area contributed by atoms with Gasteiger partial charge < -0.3 is 14.6 Å². The minimum Gasteiger partial charge on any atom is -0.493 e. The van der Waals surface area contributed by atoms with E-state index in [1.165, 1.54) is 17.5 Å². The fourth-order valence-electron chi connectivity index (χ4n) is 4.06. The third-order valence-corrected chi connectivity index (χ3v) is 6.79. The minimum absolute atomic E-state index is 0.0393. The summed E-state index contributed by atoms with van der Waals surface area (Å²) in [6.07, 6.45) is 7.07. The number of thioether (sulfide) groups is 1. The second-order valence-electron chi connectivity index (χ2n) is 7.69. The highest BCUT2D eigenvalue weighted by molar-refractivity contribution is 7.99. The SMILES string of the molecule is CSC1CC(O)CC(c2ccc(Cl)c(Cc3ccc4c(c3)CCCCO4)c2)O1. The first kappa shape index (κ1) is 20.1. The van der Waals surface area contributed by atoms with Gasteiger partial charge in [-0.05, 0) is 66.3 Å². The molecule has 1 N–H and O–H groups in total. The molecule has 0 radical (unpaired) electrons. The Balaban J connectivity index is 1.55. The number of hydrogen-bond donors (Lipinski definition) is 1. The number of fused-ring (bicyclic) bond motifs is 1. The lowest BCUT2D eigenvalue weighted by Gasteiger charge is -2.32. The van der Waals surface area contributed by atoms with Crippen molar-refractivity contribution in [2.75, 3.05) is 12.9 Å². The van der Waals surface area contributed by atoms with Crippen molar-refractivity contribution in [1.82, 2.24) is 0 Å². The zero-order chi connectivity index (χ0) is 19.5. The highest BCUT2D eigenvalue weighted by Crippen LogP contribution is 2.36.